The summed E-state index contributed by atoms with van der Waals surface area (Å²) in [6.07, 6.45) is 4.21. The van der Waals surface area contributed by atoms with Gasteiger partial charge in [0.2, 0.25) is 5.95 Å². The van der Waals surface area contributed by atoms with Crippen molar-refractivity contribution in [3.63, 3.8) is 0 Å². The van der Waals surface area contributed by atoms with Gasteiger partial charge in [0.25, 0.3) is 0 Å². The van der Waals surface area contributed by atoms with E-state index in [-0.39, 0.29) is 0 Å². The number of hydrogen-bond acceptors (Lipinski definition) is 5. The van der Waals surface area contributed by atoms with E-state index >= 15 is 0 Å². The molecule has 0 bridgehead atoms. The van der Waals surface area contributed by atoms with Gasteiger partial charge in [-0.15, -0.1) is 0 Å². The molecule has 1 aliphatic rings. The highest BCUT2D eigenvalue weighted by Gasteiger charge is 2.31. The number of anilines is 1. The van der Waals surface area contributed by atoms with Crippen LogP contribution in [0, 0.1) is 0 Å². The van der Waals surface area contributed by atoms with Gasteiger partial charge in [-0.3, -0.25) is 0 Å². The normalized spacial score (nSPS) is 26.4. The standard InChI is InChI=1S/C9H13N3OS/c13-9(2-5-14-7-9)6-12-8-10-3-1-4-11-8/h1,3-4,13H,2,5-7H2,(H,10,11,12). The minimum atomic E-state index is -0.579. The first-order valence-electron chi connectivity index (χ1n) is 4.60. The van der Waals surface area contributed by atoms with Crippen LogP contribution < -0.4 is 5.32 Å². The van der Waals surface area contributed by atoms with E-state index in [2.05, 4.69) is 15.3 Å². The molecule has 14 heavy (non-hydrogen) atoms. The molecule has 0 aliphatic carbocycles. The number of nitrogens with zero attached hydrogens (tertiary/aromatic N) is 2. The molecule has 0 saturated carbocycles. The van der Waals surface area contributed by atoms with Crippen LogP contribution in [-0.4, -0.2) is 38.7 Å². The summed E-state index contributed by atoms with van der Waals surface area (Å²) < 4.78 is 0. The Kier molecular flexibility index (Phi) is 2.88. The number of hydrogen-bond donors (Lipinski definition) is 2. The third kappa shape index (κ3) is 2.36. The lowest BCUT2D eigenvalue weighted by Crippen LogP contribution is -2.36. The second-order valence-corrected chi connectivity index (χ2v) is 4.56. The second-order valence-electron chi connectivity index (χ2n) is 3.45. The van der Waals surface area contributed by atoms with Gasteiger partial charge < -0.3 is 10.4 Å². The molecule has 1 unspecified atom stereocenters. The molecule has 76 valence electrons. The monoisotopic (exact) mass is 211 g/mol. The van der Waals surface area contributed by atoms with Gasteiger partial charge in [0.05, 0.1) is 5.60 Å². The van der Waals surface area contributed by atoms with Crippen molar-refractivity contribution in [2.45, 2.75) is 12.0 Å². The number of rotatable bonds is 3. The van der Waals surface area contributed by atoms with Crippen LogP contribution in [0.15, 0.2) is 18.5 Å². The van der Waals surface area contributed by atoms with Crippen molar-refractivity contribution in [2.24, 2.45) is 0 Å². The largest absolute Gasteiger partial charge is 0.387 e. The van der Waals surface area contributed by atoms with E-state index < -0.39 is 5.60 Å². The summed E-state index contributed by atoms with van der Waals surface area (Å²) in [4.78, 5) is 8.06. The zero-order valence-corrected chi connectivity index (χ0v) is 8.63. The Morgan fingerprint density at radius 2 is 2.29 bits per heavy atom. The fourth-order valence-electron chi connectivity index (χ4n) is 1.37. The van der Waals surface area contributed by atoms with E-state index in [0.717, 1.165) is 17.9 Å². The number of thioether (sulfide) groups is 1. The maximum absolute atomic E-state index is 10.0. The molecule has 1 saturated heterocycles. The van der Waals surface area contributed by atoms with Gasteiger partial charge in [-0.05, 0) is 18.2 Å². The predicted octanol–water partition coefficient (Wildman–Crippen LogP) is 0.756. The summed E-state index contributed by atoms with van der Waals surface area (Å²) in [5.74, 6) is 2.42. The van der Waals surface area contributed by atoms with Crippen LogP contribution in [0.2, 0.25) is 0 Å². The van der Waals surface area contributed by atoms with Crippen molar-refractivity contribution in [3.8, 4) is 0 Å². The van der Waals surface area contributed by atoms with Crippen molar-refractivity contribution >= 4 is 17.7 Å². The molecule has 1 aromatic heterocycles. The zero-order chi connectivity index (χ0) is 9.86. The predicted molar refractivity (Wildman–Crippen MR) is 57.4 cm³/mol. The molecular weight excluding hydrogens is 198 g/mol. The van der Waals surface area contributed by atoms with Gasteiger partial charge in [0.15, 0.2) is 0 Å². The Balaban J connectivity index is 1.88. The summed E-state index contributed by atoms with van der Waals surface area (Å²) in [5, 5.41) is 13.1. The second kappa shape index (κ2) is 4.14. The van der Waals surface area contributed by atoms with E-state index in [0.29, 0.717) is 12.5 Å². The third-order valence-corrected chi connectivity index (χ3v) is 3.46. The topological polar surface area (TPSA) is 58.0 Å². The van der Waals surface area contributed by atoms with Gasteiger partial charge in [-0.25, -0.2) is 9.97 Å². The summed E-state index contributed by atoms with van der Waals surface area (Å²) in [6.45, 7) is 0.532. The van der Waals surface area contributed by atoms with Gasteiger partial charge in [0, 0.05) is 24.7 Å². The quantitative estimate of drug-likeness (QED) is 0.773. The molecule has 0 radical (unpaired) electrons. The summed E-state index contributed by atoms with van der Waals surface area (Å²) >= 11 is 1.79. The van der Waals surface area contributed by atoms with Crippen molar-refractivity contribution in [3.05, 3.63) is 18.5 Å². The average molecular weight is 211 g/mol. The van der Waals surface area contributed by atoms with E-state index in [4.69, 9.17) is 0 Å². The van der Waals surface area contributed by atoms with E-state index in [1.807, 2.05) is 0 Å². The molecule has 0 amide bonds. The lowest BCUT2D eigenvalue weighted by atomic mass is 10.0. The maximum atomic E-state index is 10.0. The molecule has 1 aromatic rings. The van der Waals surface area contributed by atoms with E-state index in [1.165, 1.54) is 0 Å². The maximum Gasteiger partial charge on any atom is 0.222 e. The Morgan fingerprint density at radius 3 is 2.93 bits per heavy atom. The van der Waals surface area contributed by atoms with Crippen LogP contribution >= 0.6 is 11.8 Å². The van der Waals surface area contributed by atoms with E-state index in [9.17, 15) is 5.11 Å². The molecule has 1 atom stereocenters. The van der Waals surface area contributed by atoms with Crippen molar-refractivity contribution in [1.82, 2.24) is 9.97 Å². The Hall–Kier alpha value is -0.810. The minimum absolute atomic E-state index is 0.532. The molecule has 4 nitrogen and oxygen atoms in total. The summed E-state index contributed by atoms with van der Waals surface area (Å²) in [6, 6.07) is 1.77. The van der Waals surface area contributed by atoms with Crippen molar-refractivity contribution in [2.75, 3.05) is 23.4 Å². The SMILES string of the molecule is OC1(CNc2ncccn2)CCSC1. The van der Waals surface area contributed by atoms with Crippen LogP contribution in [0.5, 0.6) is 0 Å². The van der Waals surface area contributed by atoms with Crippen molar-refractivity contribution in [1.29, 1.82) is 0 Å². The highest BCUT2D eigenvalue weighted by Crippen LogP contribution is 2.27. The van der Waals surface area contributed by atoms with Crippen LogP contribution in [-0.2, 0) is 0 Å². The zero-order valence-electron chi connectivity index (χ0n) is 7.81. The highest BCUT2D eigenvalue weighted by molar-refractivity contribution is 7.99. The van der Waals surface area contributed by atoms with E-state index in [1.54, 1.807) is 30.2 Å². The summed E-state index contributed by atoms with van der Waals surface area (Å²) in [7, 11) is 0. The molecule has 2 heterocycles. The van der Waals surface area contributed by atoms with Crippen LogP contribution in [0.1, 0.15) is 6.42 Å². The first-order chi connectivity index (χ1) is 6.79. The Morgan fingerprint density at radius 1 is 1.50 bits per heavy atom. The first kappa shape index (κ1) is 9.73. The third-order valence-electron chi connectivity index (χ3n) is 2.22. The summed E-state index contributed by atoms with van der Waals surface area (Å²) in [5.41, 5.74) is -0.579. The number of aromatic nitrogens is 2. The van der Waals surface area contributed by atoms with Gasteiger partial charge >= 0.3 is 0 Å². The molecule has 5 heteroatoms. The fourth-order valence-corrected chi connectivity index (χ4v) is 2.66. The highest BCUT2D eigenvalue weighted by atomic mass is 32.2. The number of aliphatic hydroxyl groups is 1. The Labute approximate surface area is 87.2 Å². The molecule has 2 N–H and O–H groups in total. The average Bonchev–Trinajstić information content (AvgIpc) is 2.65. The molecule has 0 spiro atoms. The van der Waals surface area contributed by atoms with Crippen LogP contribution in [0.4, 0.5) is 5.95 Å². The van der Waals surface area contributed by atoms with Crippen LogP contribution in [0.3, 0.4) is 0 Å². The number of nitrogens with one attached hydrogen (secondary N) is 1. The molecule has 2 rings (SSSR count). The Bertz CT molecular complexity index is 287. The van der Waals surface area contributed by atoms with Gasteiger partial charge in [-0.1, -0.05) is 0 Å². The minimum Gasteiger partial charge on any atom is -0.387 e. The van der Waals surface area contributed by atoms with Gasteiger partial charge in [0.1, 0.15) is 0 Å². The molecule has 0 aromatic carbocycles. The van der Waals surface area contributed by atoms with Crippen molar-refractivity contribution < 1.29 is 5.11 Å². The first-order valence-corrected chi connectivity index (χ1v) is 5.75. The van der Waals surface area contributed by atoms with Gasteiger partial charge in [-0.2, -0.15) is 11.8 Å². The smallest absolute Gasteiger partial charge is 0.222 e. The molecule has 1 aliphatic heterocycles. The molecular formula is C9H13N3OS. The lowest BCUT2D eigenvalue weighted by molar-refractivity contribution is 0.0818. The lowest BCUT2D eigenvalue weighted by Gasteiger charge is -2.21. The molecule has 1 fully saturated rings. The fraction of sp³-hybridized carbons (Fsp3) is 0.556. The van der Waals surface area contributed by atoms with Crippen LogP contribution in [0.25, 0.3) is 0 Å².